The summed E-state index contributed by atoms with van der Waals surface area (Å²) >= 11 is 1.78. The average molecular weight is 336 g/mol. The van der Waals surface area contributed by atoms with Gasteiger partial charge in [0.25, 0.3) is 5.91 Å². The zero-order valence-corrected chi connectivity index (χ0v) is 14.2. The number of para-hydroxylation sites is 1. The molecule has 24 heavy (non-hydrogen) atoms. The summed E-state index contributed by atoms with van der Waals surface area (Å²) in [5.41, 5.74) is 2.92. The summed E-state index contributed by atoms with van der Waals surface area (Å²) in [6.07, 6.45) is 7.35. The lowest BCUT2D eigenvalue weighted by Crippen LogP contribution is -2.31. The van der Waals surface area contributed by atoms with Crippen LogP contribution in [0.25, 0.3) is 0 Å². The van der Waals surface area contributed by atoms with Crippen LogP contribution in [-0.2, 0) is 0 Å². The van der Waals surface area contributed by atoms with Crippen molar-refractivity contribution >= 4 is 22.9 Å². The number of carbonyl (C=O) groups excluding carboxylic acids is 1. The van der Waals surface area contributed by atoms with Gasteiger partial charge in [-0.3, -0.25) is 4.79 Å². The summed E-state index contributed by atoms with van der Waals surface area (Å²) in [6.45, 7) is 4.14. The van der Waals surface area contributed by atoms with Crippen molar-refractivity contribution in [1.82, 2.24) is 5.32 Å². The lowest BCUT2D eigenvalue weighted by molar-refractivity contribution is 0.0958. The molecule has 1 aromatic carbocycles. The molecule has 2 N–H and O–H groups in total. The maximum absolute atomic E-state index is 12.5. The number of thiophene rings is 1. The third kappa shape index (κ3) is 2.47. The first-order valence-electron chi connectivity index (χ1n) is 8.28. The summed E-state index contributed by atoms with van der Waals surface area (Å²) in [5, 5.41) is 8.69. The Bertz CT molecular complexity index is 794. The molecule has 4 heteroatoms. The monoisotopic (exact) mass is 336 g/mol. The SMILES string of the molecule is C=CCNC(=O)c1cccc2c1NC(c1cccs1)C1CC=CC21. The van der Waals surface area contributed by atoms with Crippen molar-refractivity contribution in [2.24, 2.45) is 5.92 Å². The summed E-state index contributed by atoms with van der Waals surface area (Å²) < 4.78 is 0. The van der Waals surface area contributed by atoms with Gasteiger partial charge in [-0.15, -0.1) is 17.9 Å². The van der Waals surface area contributed by atoms with Crippen molar-refractivity contribution in [1.29, 1.82) is 0 Å². The number of hydrogen-bond donors (Lipinski definition) is 2. The highest BCUT2D eigenvalue weighted by Crippen LogP contribution is 2.51. The van der Waals surface area contributed by atoms with Gasteiger partial charge in [-0.2, -0.15) is 0 Å². The minimum Gasteiger partial charge on any atom is -0.376 e. The van der Waals surface area contributed by atoms with E-state index in [0.717, 1.165) is 17.7 Å². The molecule has 0 fully saturated rings. The quantitative estimate of drug-likeness (QED) is 0.808. The van der Waals surface area contributed by atoms with E-state index >= 15 is 0 Å². The van der Waals surface area contributed by atoms with E-state index in [4.69, 9.17) is 0 Å². The van der Waals surface area contributed by atoms with Crippen molar-refractivity contribution < 1.29 is 4.79 Å². The van der Waals surface area contributed by atoms with E-state index in [2.05, 4.69) is 52.9 Å². The molecule has 2 aliphatic rings. The molecule has 2 aromatic rings. The van der Waals surface area contributed by atoms with E-state index in [0.29, 0.717) is 18.4 Å². The normalized spacial score (nSPS) is 23.9. The highest BCUT2D eigenvalue weighted by Gasteiger charge is 2.39. The summed E-state index contributed by atoms with van der Waals surface area (Å²) in [6, 6.07) is 10.6. The Balaban J connectivity index is 1.76. The van der Waals surface area contributed by atoms with Crippen molar-refractivity contribution in [2.45, 2.75) is 18.4 Å². The van der Waals surface area contributed by atoms with Gasteiger partial charge in [0.15, 0.2) is 0 Å². The minimum atomic E-state index is -0.0513. The first kappa shape index (κ1) is 15.2. The number of hydrogen-bond acceptors (Lipinski definition) is 3. The van der Waals surface area contributed by atoms with Gasteiger partial charge in [0.2, 0.25) is 0 Å². The van der Waals surface area contributed by atoms with Crippen LogP contribution < -0.4 is 10.6 Å². The maximum atomic E-state index is 12.5. The summed E-state index contributed by atoms with van der Waals surface area (Å²) in [5.74, 6) is 0.841. The van der Waals surface area contributed by atoms with Crippen LogP contribution in [0.4, 0.5) is 5.69 Å². The van der Waals surface area contributed by atoms with Crippen LogP contribution in [0.1, 0.15) is 39.2 Å². The molecule has 2 heterocycles. The summed E-state index contributed by atoms with van der Waals surface area (Å²) in [4.78, 5) is 13.9. The topological polar surface area (TPSA) is 41.1 Å². The molecule has 1 aliphatic carbocycles. The van der Waals surface area contributed by atoms with E-state index < -0.39 is 0 Å². The van der Waals surface area contributed by atoms with Gasteiger partial charge < -0.3 is 10.6 Å². The highest BCUT2D eigenvalue weighted by molar-refractivity contribution is 7.10. The molecule has 0 saturated carbocycles. The third-order valence-corrected chi connectivity index (χ3v) is 5.85. The van der Waals surface area contributed by atoms with Crippen molar-refractivity contribution in [3.63, 3.8) is 0 Å². The molecule has 122 valence electrons. The van der Waals surface area contributed by atoms with Gasteiger partial charge in [-0.05, 0) is 35.4 Å². The maximum Gasteiger partial charge on any atom is 0.253 e. The average Bonchev–Trinajstić information content (AvgIpc) is 3.29. The molecule has 0 bridgehead atoms. The van der Waals surface area contributed by atoms with Crippen LogP contribution in [0.3, 0.4) is 0 Å². The lowest BCUT2D eigenvalue weighted by atomic mass is 9.78. The van der Waals surface area contributed by atoms with Crippen LogP contribution in [0.5, 0.6) is 0 Å². The lowest BCUT2D eigenvalue weighted by Gasteiger charge is -2.37. The van der Waals surface area contributed by atoms with E-state index in [1.54, 1.807) is 17.4 Å². The van der Waals surface area contributed by atoms with Crippen molar-refractivity contribution in [3.8, 4) is 0 Å². The number of carbonyl (C=O) groups is 1. The first-order valence-corrected chi connectivity index (χ1v) is 9.16. The molecule has 0 saturated heterocycles. The number of nitrogens with one attached hydrogen (secondary N) is 2. The number of rotatable bonds is 4. The fourth-order valence-corrected chi connectivity index (χ4v) is 4.67. The predicted molar refractivity (Wildman–Crippen MR) is 99.6 cm³/mol. The smallest absolute Gasteiger partial charge is 0.253 e. The van der Waals surface area contributed by atoms with Crippen molar-refractivity contribution in [3.05, 3.63) is 76.5 Å². The highest BCUT2D eigenvalue weighted by atomic mass is 32.1. The van der Waals surface area contributed by atoms with Crippen LogP contribution in [-0.4, -0.2) is 12.5 Å². The summed E-state index contributed by atoms with van der Waals surface area (Å²) in [7, 11) is 0. The predicted octanol–water partition coefficient (Wildman–Crippen LogP) is 4.49. The molecular formula is C20H20N2OS. The van der Waals surface area contributed by atoms with Gasteiger partial charge in [0.1, 0.15) is 0 Å². The molecule has 1 aromatic heterocycles. The molecule has 0 spiro atoms. The Labute approximate surface area is 146 Å². The van der Waals surface area contributed by atoms with Crippen LogP contribution >= 0.6 is 11.3 Å². The zero-order chi connectivity index (χ0) is 16.5. The van der Waals surface area contributed by atoms with Gasteiger partial charge in [0, 0.05) is 17.3 Å². The Morgan fingerprint density at radius 3 is 3.08 bits per heavy atom. The molecule has 0 radical (unpaired) electrons. The molecule has 3 unspecified atom stereocenters. The third-order valence-electron chi connectivity index (χ3n) is 4.90. The standard InChI is InChI=1S/C20H20N2OS/c1-2-11-21-20(23)16-9-4-7-14-13-6-3-8-15(13)19(22-18(14)16)17-10-5-12-24-17/h2-7,9-10,12-13,15,19,22H,1,8,11H2,(H,21,23). The Morgan fingerprint density at radius 2 is 2.29 bits per heavy atom. The van der Waals surface area contributed by atoms with Gasteiger partial charge in [-0.25, -0.2) is 0 Å². The molecule has 1 amide bonds. The zero-order valence-electron chi connectivity index (χ0n) is 13.4. The fraction of sp³-hybridized carbons (Fsp3) is 0.250. The van der Waals surface area contributed by atoms with E-state index in [1.807, 2.05) is 12.1 Å². The van der Waals surface area contributed by atoms with Gasteiger partial charge in [0.05, 0.1) is 17.3 Å². The number of anilines is 1. The number of amides is 1. The van der Waals surface area contributed by atoms with Gasteiger partial charge in [-0.1, -0.05) is 36.4 Å². The fourth-order valence-electron chi connectivity index (χ4n) is 3.82. The number of benzene rings is 1. The molecule has 3 atom stereocenters. The minimum absolute atomic E-state index is 0.0513. The Kier molecular flexibility index (Phi) is 3.98. The second-order valence-electron chi connectivity index (χ2n) is 6.26. The number of allylic oxidation sites excluding steroid dienone is 2. The second kappa shape index (κ2) is 6.29. The molecule has 4 rings (SSSR count). The van der Waals surface area contributed by atoms with Crippen LogP contribution in [0.2, 0.25) is 0 Å². The number of fused-ring (bicyclic) bond motifs is 3. The molecule has 1 aliphatic heterocycles. The molecular weight excluding hydrogens is 316 g/mol. The van der Waals surface area contributed by atoms with Crippen LogP contribution in [0.15, 0.2) is 60.5 Å². The second-order valence-corrected chi connectivity index (χ2v) is 7.24. The van der Waals surface area contributed by atoms with E-state index in [-0.39, 0.29) is 11.9 Å². The Morgan fingerprint density at radius 1 is 1.38 bits per heavy atom. The van der Waals surface area contributed by atoms with Crippen molar-refractivity contribution in [2.75, 3.05) is 11.9 Å². The van der Waals surface area contributed by atoms with Crippen LogP contribution in [0, 0.1) is 5.92 Å². The van der Waals surface area contributed by atoms with E-state index in [1.165, 1.54) is 10.4 Å². The van der Waals surface area contributed by atoms with E-state index in [9.17, 15) is 4.79 Å². The first-order chi connectivity index (χ1) is 11.8. The largest absolute Gasteiger partial charge is 0.376 e. The Hall–Kier alpha value is -2.33. The van der Waals surface area contributed by atoms with Gasteiger partial charge >= 0.3 is 0 Å². The molecule has 3 nitrogen and oxygen atoms in total.